The summed E-state index contributed by atoms with van der Waals surface area (Å²) >= 11 is 1.41. The zero-order valence-electron chi connectivity index (χ0n) is 10.1. The molecule has 0 unspecified atom stereocenters. The average molecular weight is 274 g/mol. The first kappa shape index (κ1) is 11.9. The highest BCUT2D eigenvalue weighted by molar-refractivity contribution is 7.16. The van der Waals surface area contributed by atoms with E-state index in [0.717, 1.165) is 10.4 Å². The lowest BCUT2D eigenvalue weighted by Crippen LogP contribution is -2.31. The molecule has 2 N–H and O–H groups in total. The minimum Gasteiger partial charge on any atom is -0.389 e. The minimum absolute atomic E-state index is 0.323. The average Bonchev–Trinajstić information content (AvgIpc) is 2.73. The van der Waals surface area contributed by atoms with E-state index in [1.165, 1.54) is 17.4 Å². The predicted molar refractivity (Wildman–Crippen MR) is 72.4 cm³/mol. The highest BCUT2D eigenvalue weighted by Crippen LogP contribution is 2.35. The van der Waals surface area contributed by atoms with Gasteiger partial charge in [-0.15, -0.1) is 11.3 Å². The monoisotopic (exact) mass is 274 g/mol. The van der Waals surface area contributed by atoms with E-state index in [1.807, 2.05) is 4.90 Å². The fraction of sp³-hybridized carbons (Fsp3) is 0.231. The lowest BCUT2D eigenvalue weighted by molar-refractivity contribution is 0.602. The van der Waals surface area contributed by atoms with E-state index >= 15 is 0 Å². The van der Waals surface area contributed by atoms with E-state index in [4.69, 9.17) is 11.0 Å². The normalized spacial score (nSPS) is 14.0. The quantitative estimate of drug-likeness (QED) is 0.866. The van der Waals surface area contributed by atoms with Crippen LogP contribution in [0.15, 0.2) is 18.3 Å². The van der Waals surface area contributed by atoms with E-state index in [9.17, 15) is 4.39 Å². The first-order valence-electron chi connectivity index (χ1n) is 5.86. The molecule has 0 amide bonds. The molecule has 3 heterocycles. The Balaban J connectivity index is 1.96. The van der Waals surface area contributed by atoms with Crippen LogP contribution in [-0.4, -0.2) is 11.5 Å². The summed E-state index contributed by atoms with van der Waals surface area (Å²) in [5.41, 5.74) is 7.43. The number of rotatable bonds is 1. The maximum atomic E-state index is 13.7. The Kier molecular flexibility index (Phi) is 2.84. The van der Waals surface area contributed by atoms with Gasteiger partial charge in [0.05, 0.1) is 12.1 Å². The Morgan fingerprint density at radius 1 is 1.53 bits per heavy atom. The van der Waals surface area contributed by atoms with Gasteiger partial charge < -0.3 is 10.6 Å². The lowest BCUT2D eigenvalue weighted by atomic mass is 10.0. The number of aromatic nitrogens is 1. The van der Waals surface area contributed by atoms with Gasteiger partial charge in [-0.05, 0) is 24.1 Å². The maximum absolute atomic E-state index is 13.7. The number of fused-ring (bicyclic) bond motifs is 1. The van der Waals surface area contributed by atoms with Crippen molar-refractivity contribution >= 4 is 22.2 Å². The second-order valence-corrected chi connectivity index (χ2v) is 5.47. The number of hydrogen-bond acceptors (Lipinski definition) is 5. The predicted octanol–water partition coefficient (Wildman–Crippen LogP) is 2.30. The number of halogens is 1. The van der Waals surface area contributed by atoms with Crippen molar-refractivity contribution in [2.45, 2.75) is 13.0 Å². The summed E-state index contributed by atoms with van der Waals surface area (Å²) in [6.07, 6.45) is 2.28. The van der Waals surface area contributed by atoms with Crippen LogP contribution >= 0.6 is 11.3 Å². The SMILES string of the molecule is N#Cc1c(N)sc2c1CCN(c1ncccc1F)C2. The van der Waals surface area contributed by atoms with Crippen molar-refractivity contribution in [2.75, 3.05) is 17.2 Å². The molecule has 2 aromatic heterocycles. The molecule has 1 aliphatic heterocycles. The zero-order chi connectivity index (χ0) is 13.4. The first-order chi connectivity index (χ1) is 9.20. The number of nitrogens with zero attached hydrogens (tertiary/aromatic N) is 3. The summed E-state index contributed by atoms with van der Waals surface area (Å²) in [7, 11) is 0. The molecule has 0 spiro atoms. The molecule has 0 fully saturated rings. The van der Waals surface area contributed by atoms with Crippen molar-refractivity contribution in [3.63, 3.8) is 0 Å². The molecule has 2 aromatic rings. The molecular weight excluding hydrogens is 263 g/mol. The Bertz CT molecular complexity index is 674. The van der Waals surface area contributed by atoms with Crippen LogP contribution < -0.4 is 10.6 Å². The van der Waals surface area contributed by atoms with Crippen molar-refractivity contribution < 1.29 is 4.39 Å². The van der Waals surface area contributed by atoms with E-state index < -0.39 is 0 Å². The van der Waals surface area contributed by atoms with Gasteiger partial charge in [0.25, 0.3) is 0 Å². The first-order valence-corrected chi connectivity index (χ1v) is 6.68. The van der Waals surface area contributed by atoms with Crippen LogP contribution in [0.2, 0.25) is 0 Å². The summed E-state index contributed by atoms with van der Waals surface area (Å²) in [6.45, 7) is 1.20. The molecule has 96 valence electrons. The standard InChI is InChI=1S/C13H11FN4S/c14-10-2-1-4-17-13(10)18-5-3-8-9(6-15)12(16)19-11(8)7-18/h1-2,4H,3,5,7,16H2. The van der Waals surface area contributed by atoms with Crippen LogP contribution in [-0.2, 0) is 13.0 Å². The number of thiophene rings is 1. The summed E-state index contributed by atoms with van der Waals surface area (Å²) in [5.74, 6) is 0.0367. The number of hydrogen-bond donors (Lipinski definition) is 1. The Labute approximate surface area is 113 Å². The fourth-order valence-electron chi connectivity index (χ4n) is 2.34. The van der Waals surface area contributed by atoms with E-state index in [0.29, 0.717) is 35.9 Å². The molecule has 0 radical (unpaired) electrons. The Morgan fingerprint density at radius 2 is 2.37 bits per heavy atom. The van der Waals surface area contributed by atoms with Crippen molar-refractivity contribution in [3.05, 3.63) is 40.2 Å². The summed E-state index contributed by atoms with van der Waals surface area (Å²) in [6, 6.07) is 5.13. The van der Waals surface area contributed by atoms with Crippen LogP contribution in [0.25, 0.3) is 0 Å². The third-order valence-corrected chi connectivity index (χ3v) is 4.28. The van der Waals surface area contributed by atoms with Gasteiger partial charge in [-0.1, -0.05) is 0 Å². The van der Waals surface area contributed by atoms with Gasteiger partial charge >= 0.3 is 0 Å². The zero-order valence-corrected chi connectivity index (χ0v) is 10.9. The highest BCUT2D eigenvalue weighted by atomic mass is 32.1. The largest absolute Gasteiger partial charge is 0.389 e. The van der Waals surface area contributed by atoms with Crippen LogP contribution in [0.4, 0.5) is 15.2 Å². The number of nitrogen functional groups attached to an aromatic ring is 1. The minimum atomic E-state index is -0.323. The molecule has 1 aliphatic rings. The molecule has 0 aromatic carbocycles. The van der Waals surface area contributed by atoms with Crippen molar-refractivity contribution in [1.29, 1.82) is 5.26 Å². The molecule has 4 nitrogen and oxygen atoms in total. The van der Waals surface area contributed by atoms with Gasteiger partial charge in [0.2, 0.25) is 0 Å². The van der Waals surface area contributed by atoms with Gasteiger partial charge in [-0.3, -0.25) is 0 Å². The van der Waals surface area contributed by atoms with Crippen molar-refractivity contribution in [3.8, 4) is 6.07 Å². The lowest BCUT2D eigenvalue weighted by Gasteiger charge is -2.28. The third-order valence-electron chi connectivity index (χ3n) is 3.23. The van der Waals surface area contributed by atoms with E-state index in [2.05, 4.69) is 11.1 Å². The van der Waals surface area contributed by atoms with Crippen LogP contribution in [0, 0.1) is 17.1 Å². The summed E-state index contributed by atoms with van der Waals surface area (Å²) in [4.78, 5) is 7.00. The molecule has 0 aliphatic carbocycles. The number of pyridine rings is 1. The summed E-state index contributed by atoms with van der Waals surface area (Å²) < 4.78 is 13.7. The maximum Gasteiger partial charge on any atom is 0.165 e. The van der Waals surface area contributed by atoms with Gasteiger partial charge in [0.1, 0.15) is 11.1 Å². The third kappa shape index (κ3) is 1.92. The molecule has 6 heteroatoms. The van der Waals surface area contributed by atoms with Gasteiger partial charge in [-0.25, -0.2) is 9.37 Å². The fourth-order valence-corrected chi connectivity index (χ4v) is 3.42. The second kappa shape index (κ2) is 4.52. The van der Waals surface area contributed by atoms with Crippen molar-refractivity contribution in [2.24, 2.45) is 0 Å². The molecule has 0 bridgehead atoms. The topological polar surface area (TPSA) is 65.9 Å². The van der Waals surface area contributed by atoms with E-state index in [-0.39, 0.29) is 5.82 Å². The van der Waals surface area contributed by atoms with Crippen LogP contribution in [0.3, 0.4) is 0 Å². The Hall–Kier alpha value is -2.13. The Morgan fingerprint density at radius 3 is 3.11 bits per heavy atom. The summed E-state index contributed by atoms with van der Waals surface area (Å²) in [5, 5.41) is 9.63. The van der Waals surface area contributed by atoms with Crippen LogP contribution in [0.1, 0.15) is 16.0 Å². The molecule has 3 rings (SSSR count). The molecule has 0 saturated heterocycles. The smallest absolute Gasteiger partial charge is 0.165 e. The number of nitrogens with two attached hydrogens (primary N) is 1. The molecule has 0 atom stereocenters. The van der Waals surface area contributed by atoms with E-state index in [1.54, 1.807) is 12.3 Å². The van der Waals surface area contributed by atoms with Crippen LogP contribution in [0.5, 0.6) is 0 Å². The number of nitriles is 1. The van der Waals surface area contributed by atoms with Gasteiger partial charge in [0.15, 0.2) is 11.6 Å². The van der Waals surface area contributed by atoms with Crippen molar-refractivity contribution in [1.82, 2.24) is 4.98 Å². The van der Waals surface area contributed by atoms with Gasteiger partial charge in [-0.2, -0.15) is 5.26 Å². The molecule has 19 heavy (non-hydrogen) atoms. The molecular formula is C13H11FN4S. The number of anilines is 2. The van der Waals surface area contributed by atoms with Gasteiger partial charge in [0, 0.05) is 17.6 Å². The highest BCUT2D eigenvalue weighted by Gasteiger charge is 2.25. The second-order valence-electron chi connectivity index (χ2n) is 4.34. The molecule has 0 saturated carbocycles.